The Kier molecular flexibility index (Phi) is 4.29. The summed E-state index contributed by atoms with van der Waals surface area (Å²) in [5.74, 6) is 0.323. The number of anilines is 1. The van der Waals surface area contributed by atoms with Crippen molar-refractivity contribution in [1.29, 1.82) is 0 Å². The minimum Gasteiger partial charge on any atom is -0.305 e. The van der Waals surface area contributed by atoms with Gasteiger partial charge in [-0.25, -0.2) is 0 Å². The van der Waals surface area contributed by atoms with Crippen molar-refractivity contribution in [2.45, 2.75) is 6.54 Å². The van der Waals surface area contributed by atoms with Crippen molar-refractivity contribution in [3.63, 3.8) is 0 Å². The molecule has 0 spiro atoms. The van der Waals surface area contributed by atoms with Crippen molar-refractivity contribution in [2.75, 3.05) is 5.32 Å². The van der Waals surface area contributed by atoms with E-state index in [1.807, 2.05) is 36.5 Å². The van der Waals surface area contributed by atoms with Gasteiger partial charge in [0.1, 0.15) is 0 Å². The Morgan fingerprint density at radius 1 is 1.18 bits per heavy atom. The number of hydrogen-bond acceptors (Lipinski definition) is 3. The maximum atomic E-state index is 12.2. The summed E-state index contributed by atoms with van der Waals surface area (Å²) < 4.78 is 2.51. The molecule has 0 bridgehead atoms. The molecule has 5 nitrogen and oxygen atoms in total. The smallest absolute Gasteiger partial charge is 0.258 e. The Balaban J connectivity index is 1.69. The highest BCUT2D eigenvalue weighted by Gasteiger charge is 2.10. The highest BCUT2D eigenvalue weighted by Crippen LogP contribution is 2.17. The van der Waals surface area contributed by atoms with Gasteiger partial charge in [-0.05, 0) is 39.7 Å². The largest absolute Gasteiger partial charge is 0.305 e. The monoisotopic (exact) mass is 356 g/mol. The second-order valence-corrected chi connectivity index (χ2v) is 5.55. The number of carbonyl (C=O) groups excluding carboxylic acids is 1. The zero-order valence-electron chi connectivity index (χ0n) is 11.6. The highest BCUT2D eigenvalue weighted by atomic mass is 79.9. The number of nitrogens with one attached hydrogen (secondary N) is 1. The van der Waals surface area contributed by atoms with Crippen molar-refractivity contribution in [1.82, 2.24) is 14.8 Å². The summed E-state index contributed by atoms with van der Waals surface area (Å²) in [6, 6.07) is 12.9. The predicted molar refractivity (Wildman–Crippen MR) is 87.7 cm³/mol. The van der Waals surface area contributed by atoms with E-state index in [0.29, 0.717) is 17.9 Å². The van der Waals surface area contributed by atoms with Gasteiger partial charge in [-0.1, -0.05) is 18.2 Å². The van der Waals surface area contributed by atoms with Crippen LogP contribution in [0.2, 0.25) is 0 Å². The molecule has 22 heavy (non-hydrogen) atoms. The van der Waals surface area contributed by atoms with Gasteiger partial charge in [-0.2, -0.15) is 5.10 Å². The SMILES string of the molecule is O=C(Nc1ccn(Cc2cccnc2)n1)c1ccccc1Br. The van der Waals surface area contributed by atoms with Crippen LogP contribution in [0, 0.1) is 0 Å². The van der Waals surface area contributed by atoms with Crippen LogP contribution in [0.3, 0.4) is 0 Å². The van der Waals surface area contributed by atoms with E-state index in [4.69, 9.17) is 0 Å². The fourth-order valence-corrected chi connectivity index (χ4v) is 2.49. The summed E-state index contributed by atoms with van der Waals surface area (Å²) >= 11 is 3.37. The maximum absolute atomic E-state index is 12.2. The van der Waals surface area contributed by atoms with Gasteiger partial charge in [0.2, 0.25) is 0 Å². The third-order valence-electron chi connectivity index (χ3n) is 3.07. The van der Waals surface area contributed by atoms with Crippen LogP contribution in [-0.4, -0.2) is 20.7 Å². The van der Waals surface area contributed by atoms with E-state index in [-0.39, 0.29) is 5.91 Å². The molecule has 0 aliphatic rings. The Morgan fingerprint density at radius 3 is 2.82 bits per heavy atom. The third-order valence-corrected chi connectivity index (χ3v) is 3.76. The van der Waals surface area contributed by atoms with Gasteiger partial charge in [0.05, 0.1) is 12.1 Å². The van der Waals surface area contributed by atoms with Crippen molar-refractivity contribution < 1.29 is 4.79 Å². The van der Waals surface area contributed by atoms with Crippen molar-refractivity contribution in [2.24, 2.45) is 0 Å². The predicted octanol–water partition coefficient (Wildman–Crippen LogP) is 3.34. The molecule has 0 radical (unpaired) electrons. The Bertz CT molecular complexity index is 786. The molecule has 0 aliphatic heterocycles. The summed E-state index contributed by atoms with van der Waals surface area (Å²) in [6.45, 7) is 0.610. The lowest BCUT2D eigenvalue weighted by molar-refractivity contribution is 0.102. The molecule has 0 saturated carbocycles. The quantitative estimate of drug-likeness (QED) is 0.779. The van der Waals surface area contributed by atoms with Gasteiger partial charge in [0, 0.05) is 29.1 Å². The Labute approximate surface area is 136 Å². The van der Waals surface area contributed by atoms with Crippen molar-refractivity contribution >= 4 is 27.7 Å². The van der Waals surface area contributed by atoms with Crippen LogP contribution in [0.5, 0.6) is 0 Å². The molecule has 2 aromatic heterocycles. The number of hydrogen-bond donors (Lipinski definition) is 1. The number of rotatable bonds is 4. The van der Waals surface area contributed by atoms with E-state index >= 15 is 0 Å². The average Bonchev–Trinajstić information content (AvgIpc) is 2.95. The first-order chi connectivity index (χ1) is 10.7. The second kappa shape index (κ2) is 6.53. The van der Waals surface area contributed by atoms with Crippen LogP contribution in [0.25, 0.3) is 0 Å². The number of benzene rings is 1. The zero-order valence-corrected chi connectivity index (χ0v) is 13.2. The molecule has 6 heteroatoms. The van der Waals surface area contributed by atoms with Gasteiger partial charge in [-0.15, -0.1) is 0 Å². The topological polar surface area (TPSA) is 59.8 Å². The number of aromatic nitrogens is 3. The molecule has 1 N–H and O–H groups in total. The van der Waals surface area contributed by atoms with Gasteiger partial charge in [0.15, 0.2) is 5.82 Å². The molecule has 0 atom stereocenters. The van der Waals surface area contributed by atoms with E-state index in [9.17, 15) is 4.79 Å². The van der Waals surface area contributed by atoms with E-state index in [2.05, 4.69) is 31.3 Å². The van der Waals surface area contributed by atoms with Gasteiger partial charge in [0.25, 0.3) is 5.91 Å². The van der Waals surface area contributed by atoms with E-state index in [1.165, 1.54) is 0 Å². The van der Waals surface area contributed by atoms with Crippen LogP contribution in [0.1, 0.15) is 15.9 Å². The first-order valence-corrected chi connectivity index (χ1v) is 7.50. The fourth-order valence-electron chi connectivity index (χ4n) is 2.02. The highest BCUT2D eigenvalue weighted by molar-refractivity contribution is 9.10. The number of nitrogens with zero attached hydrogens (tertiary/aromatic N) is 3. The molecule has 0 aliphatic carbocycles. The minimum atomic E-state index is -0.195. The summed E-state index contributed by atoms with van der Waals surface area (Å²) in [5, 5.41) is 7.13. The van der Waals surface area contributed by atoms with Crippen LogP contribution in [-0.2, 0) is 6.54 Å². The standard InChI is InChI=1S/C16H13BrN4O/c17-14-6-2-1-5-13(14)16(22)19-15-7-9-21(20-15)11-12-4-3-8-18-10-12/h1-10H,11H2,(H,19,20,22). The molecule has 2 heterocycles. The fraction of sp³-hybridized carbons (Fsp3) is 0.0625. The van der Waals surface area contributed by atoms with E-state index < -0.39 is 0 Å². The Hall–Kier alpha value is -2.47. The number of amides is 1. The lowest BCUT2D eigenvalue weighted by Crippen LogP contribution is -2.13. The molecular weight excluding hydrogens is 344 g/mol. The molecule has 0 saturated heterocycles. The second-order valence-electron chi connectivity index (χ2n) is 4.69. The zero-order chi connectivity index (χ0) is 15.4. The summed E-state index contributed by atoms with van der Waals surface area (Å²) in [4.78, 5) is 16.3. The lowest BCUT2D eigenvalue weighted by atomic mass is 10.2. The molecule has 1 amide bonds. The molecule has 3 aromatic rings. The lowest BCUT2D eigenvalue weighted by Gasteiger charge is -2.04. The normalized spacial score (nSPS) is 10.4. The van der Waals surface area contributed by atoms with Crippen LogP contribution >= 0.6 is 15.9 Å². The molecule has 110 valence electrons. The molecule has 0 unspecified atom stereocenters. The molecular formula is C16H13BrN4O. The summed E-state index contributed by atoms with van der Waals surface area (Å²) in [5.41, 5.74) is 1.62. The average molecular weight is 357 g/mol. The van der Waals surface area contributed by atoms with Crippen molar-refractivity contribution in [3.05, 3.63) is 76.7 Å². The van der Waals surface area contributed by atoms with Gasteiger partial charge < -0.3 is 5.32 Å². The molecule has 3 rings (SSSR count). The van der Waals surface area contributed by atoms with Crippen molar-refractivity contribution in [3.8, 4) is 0 Å². The van der Waals surface area contributed by atoms with E-state index in [0.717, 1.165) is 10.0 Å². The first-order valence-electron chi connectivity index (χ1n) is 6.70. The first kappa shape index (κ1) is 14.5. The minimum absolute atomic E-state index is 0.195. The molecule has 0 fully saturated rings. The van der Waals surface area contributed by atoms with E-state index in [1.54, 1.807) is 29.2 Å². The number of halogens is 1. The maximum Gasteiger partial charge on any atom is 0.258 e. The molecule has 1 aromatic carbocycles. The summed E-state index contributed by atoms with van der Waals surface area (Å²) in [6.07, 6.45) is 5.35. The van der Waals surface area contributed by atoms with Crippen LogP contribution in [0.15, 0.2) is 65.5 Å². The number of carbonyl (C=O) groups is 1. The Morgan fingerprint density at radius 2 is 2.05 bits per heavy atom. The number of pyridine rings is 1. The summed E-state index contributed by atoms with van der Waals surface area (Å²) in [7, 11) is 0. The van der Waals surface area contributed by atoms with Gasteiger partial charge >= 0.3 is 0 Å². The van der Waals surface area contributed by atoms with Gasteiger partial charge in [-0.3, -0.25) is 14.5 Å². The van der Waals surface area contributed by atoms with Crippen LogP contribution in [0.4, 0.5) is 5.82 Å². The third kappa shape index (κ3) is 3.40. The van der Waals surface area contributed by atoms with Crippen LogP contribution < -0.4 is 5.32 Å².